The molecule has 1 unspecified atom stereocenters. The first-order valence-corrected chi connectivity index (χ1v) is 6.45. The predicted molar refractivity (Wildman–Crippen MR) is 72.2 cm³/mol. The number of nitro benzene ring substituents is 1. The number of benzene rings is 1. The molecular formula is C13H17N3O4. The molecule has 7 heteroatoms. The van der Waals surface area contributed by atoms with Gasteiger partial charge in [0.25, 0.3) is 5.91 Å². The van der Waals surface area contributed by atoms with E-state index in [1.54, 1.807) is 13.0 Å². The number of hydrogen-bond donors (Lipinski definition) is 2. The van der Waals surface area contributed by atoms with Crippen LogP contribution in [0.25, 0.3) is 0 Å². The lowest BCUT2D eigenvalue weighted by molar-refractivity contribution is -0.386. The minimum Gasteiger partial charge on any atom is -0.474 e. The monoisotopic (exact) mass is 279 g/mol. The quantitative estimate of drug-likeness (QED) is 0.599. The van der Waals surface area contributed by atoms with Gasteiger partial charge in [-0.2, -0.15) is 0 Å². The van der Waals surface area contributed by atoms with Gasteiger partial charge in [0.05, 0.1) is 4.92 Å². The summed E-state index contributed by atoms with van der Waals surface area (Å²) in [6, 6.07) is 4.71. The lowest BCUT2D eigenvalue weighted by atomic mass is 10.2. The van der Waals surface area contributed by atoms with E-state index in [0.717, 1.165) is 12.8 Å². The number of nitrogens with one attached hydrogen (secondary N) is 1. The van der Waals surface area contributed by atoms with E-state index in [0.29, 0.717) is 5.56 Å². The topological polar surface area (TPSA) is 107 Å². The van der Waals surface area contributed by atoms with Gasteiger partial charge in [-0.05, 0) is 31.4 Å². The average Bonchev–Trinajstić information content (AvgIpc) is 3.22. The second kappa shape index (κ2) is 5.87. The Labute approximate surface area is 116 Å². The van der Waals surface area contributed by atoms with Gasteiger partial charge >= 0.3 is 5.69 Å². The van der Waals surface area contributed by atoms with Crippen LogP contribution in [0.4, 0.5) is 5.69 Å². The molecule has 1 amide bonds. The van der Waals surface area contributed by atoms with Gasteiger partial charge in [-0.15, -0.1) is 0 Å². The molecule has 108 valence electrons. The Bertz CT molecular complexity index is 528. The molecule has 1 aromatic rings. The molecule has 3 N–H and O–H groups in total. The molecule has 0 spiro atoms. The Balaban J connectivity index is 2.10. The molecule has 1 aliphatic rings. The van der Waals surface area contributed by atoms with Gasteiger partial charge in [0.1, 0.15) is 0 Å². The molecule has 0 bridgehead atoms. The predicted octanol–water partition coefficient (Wildman–Crippen LogP) is 1.10. The van der Waals surface area contributed by atoms with Crippen LogP contribution in [-0.4, -0.2) is 23.0 Å². The van der Waals surface area contributed by atoms with Crippen molar-refractivity contribution in [3.05, 3.63) is 33.9 Å². The van der Waals surface area contributed by atoms with Gasteiger partial charge in [0.15, 0.2) is 11.9 Å². The number of nitro groups is 1. The maximum atomic E-state index is 11.8. The zero-order valence-corrected chi connectivity index (χ0v) is 11.2. The maximum absolute atomic E-state index is 11.8. The van der Waals surface area contributed by atoms with E-state index in [2.05, 4.69) is 5.32 Å². The van der Waals surface area contributed by atoms with Crippen molar-refractivity contribution < 1.29 is 14.5 Å². The Hall–Kier alpha value is -2.15. The summed E-state index contributed by atoms with van der Waals surface area (Å²) in [4.78, 5) is 22.2. The number of amides is 1. The van der Waals surface area contributed by atoms with Crippen LogP contribution in [0.3, 0.4) is 0 Å². The van der Waals surface area contributed by atoms with E-state index in [1.165, 1.54) is 12.1 Å². The lowest BCUT2D eigenvalue weighted by Crippen LogP contribution is -2.37. The first-order valence-electron chi connectivity index (χ1n) is 6.45. The molecular weight excluding hydrogens is 262 g/mol. The third-order valence-corrected chi connectivity index (χ3v) is 3.05. The van der Waals surface area contributed by atoms with Gasteiger partial charge in [0, 0.05) is 18.7 Å². The Kier molecular flexibility index (Phi) is 4.19. The molecule has 0 aliphatic heterocycles. The van der Waals surface area contributed by atoms with Crippen LogP contribution >= 0.6 is 0 Å². The number of carbonyl (C=O) groups is 1. The number of nitrogens with two attached hydrogens (primary N) is 1. The average molecular weight is 279 g/mol. The van der Waals surface area contributed by atoms with Crippen molar-refractivity contribution in [1.29, 1.82) is 0 Å². The molecule has 1 atom stereocenters. The Morgan fingerprint density at radius 1 is 1.60 bits per heavy atom. The van der Waals surface area contributed by atoms with Crippen LogP contribution in [0.2, 0.25) is 0 Å². The van der Waals surface area contributed by atoms with E-state index in [4.69, 9.17) is 10.5 Å². The van der Waals surface area contributed by atoms with E-state index >= 15 is 0 Å². The lowest BCUT2D eigenvalue weighted by Gasteiger charge is -2.14. The first kappa shape index (κ1) is 14.3. The molecule has 0 heterocycles. The first-order chi connectivity index (χ1) is 9.51. The standard InChI is InChI=1S/C13H17N3O4/c1-8(13(17)15-10-3-4-10)20-12-5-2-9(7-14)6-11(12)16(18)19/h2,5-6,8,10H,3-4,7,14H2,1H3,(H,15,17). The van der Waals surface area contributed by atoms with Gasteiger partial charge in [0.2, 0.25) is 0 Å². The van der Waals surface area contributed by atoms with Crippen LogP contribution < -0.4 is 15.8 Å². The zero-order valence-electron chi connectivity index (χ0n) is 11.2. The Morgan fingerprint density at radius 2 is 2.30 bits per heavy atom. The molecule has 2 rings (SSSR count). The summed E-state index contributed by atoms with van der Waals surface area (Å²) in [6.07, 6.45) is 1.17. The molecule has 7 nitrogen and oxygen atoms in total. The van der Waals surface area contributed by atoms with Crippen molar-refractivity contribution in [3.63, 3.8) is 0 Å². The molecule has 0 radical (unpaired) electrons. The van der Waals surface area contributed by atoms with Gasteiger partial charge in [-0.25, -0.2) is 0 Å². The highest BCUT2D eigenvalue weighted by atomic mass is 16.6. The molecule has 0 saturated heterocycles. The summed E-state index contributed by atoms with van der Waals surface area (Å²) in [6.45, 7) is 1.77. The van der Waals surface area contributed by atoms with E-state index in [9.17, 15) is 14.9 Å². The normalized spacial score (nSPS) is 15.5. The minimum atomic E-state index is -0.780. The second-order valence-corrected chi connectivity index (χ2v) is 4.81. The van der Waals surface area contributed by atoms with Crippen LogP contribution in [0.1, 0.15) is 25.3 Å². The van der Waals surface area contributed by atoms with Gasteiger partial charge in [-0.1, -0.05) is 6.07 Å². The fraction of sp³-hybridized carbons (Fsp3) is 0.462. The summed E-state index contributed by atoms with van der Waals surface area (Å²) in [5.41, 5.74) is 5.91. The summed E-state index contributed by atoms with van der Waals surface area (Å²) in [5, 5.41) is 13.8. The molecule has 1 saturated carbocycles. The number of hydrogen-bond acceptors (Lipinski definition) is 5. The largest absolute Gasteiger partial charge is 0.474 e. The SMILES string of the molecule is CC(Oc1ccc(CN)cc1[N+](=O)[O-])C(=O)NC1CC1. The second-order valence-electron chi connectivity index (χ2n) is 4.81. The number of carbonyl (C=O) groups excluding carboxylic acids is 1. The van der Waals surface area contributed by atoms with Crippen LogP contribution in [0, 0.1) is 10.1 Å². The van der Waals surface area contributed by atoms with Crippen molar-refractivity contribution in [1.82, 2.24) is 5.32 Å². The number of ether oxygens (including phenoxy) is 1. The number of nitrogens with zero attached hydrogens (tertiary/aromatic N) is 1. The minimum absolute atomic E-state index is 0.0747. The molecule has 20 heavy (non-hydrogen) atoms. The smallest absolute Gasteiger partial charge is 0.311 e. The summed E-state index contributed by atoms with van der Waals surface area (Å²) in [7, 11) is 0. The van der Waals surface area contributed by atoms with Crippen LogP contribution in [0.5, 0.6) is 5.75 Å². The van der Waals surface area contributed by atoms with Gasteiger partial charge in [-0.3, -0.25) is 14.9 Å². The maximum Gasteiger partial charge on any atom is 0.311 e. The van der Waals surface area contributed by atoms with Crippen molar-refractivity contribution >= 4 is 11.6 Å². The molecule has 1 aromatic carbocycles. The zero-order chi connectivity index (χ0) is 14.7. The van der Waals surface area contributed by atoms with Crippen molar-refractivity contribution in [2.45, 2.75) is 38.5 Å². The van der Waals surface area contributed by atoms with E-state index in [-0.39, 0.29) is 29.9 Å². The van der Waals surface area contributed by atoms with Crippen molar-refractivity contribution in [2.75, 3.05) is 0 Å². The highest BCUT2D eigenvalue weighted by molar-refractivity contribution is 5.81. The van der Waals surface area contributed by atoms with Crippen molar-refractivity contribution in [2.24, 2.45) is 5.73 Å². The van der Waals surface area contributed by atoms with Crippen molar-refractivity contribution in [3.8, 4) is 5.75 Å². The Morgan fingerprint density at radius 3 is 2.85 bits per heavy atom. The van der Waals surface area contributed by atoms with E-state index in [1.807, 2.05) is 0 Å². The van der Waals surface area contributed by atoms with Gasteiger partial charge < -0.3 is 15.8 Å². The third kappa shape index (κ3) is 3.45. The third-order valence-electron chi connectivity index (χ3n) is 3.05. The van der Waals surface area contributed by atoms with Crippen LogP contribution in [0.15, 0.2) is 18.2 Å². The fourth-order valence-electron chi connectivity index (χ4n) is 1.72. The summed E-state index contributed by atoms with van der Waals surface area (Å²) < 4.78 is 5.40. The van der Waals surface area contributed by atoms with Crippen LogP contribution in [-0.2, 0) is 11.3 Å². The fourth-order valence-corrected chi connectivity index (χ4v) is 1.72. The highest BCUT2D eigenvalue weighted by Gasteiger charge is 2.27. The highest BCUT2D eigenvalue weighted by Crippen LogP contribution is 2.29. The molecule has 1 fully saturated rings. The van der Waals surface area contributed by atoms with E-state index < -0.39 is 11.0 Å². The molecule has 0 aromatic heterocycles. The number of rotatable bonds is 6. The molecule has 1 aliphatic carbocycles. The summed E-state index contributed by atoms with van der Waals surface area (Å²) >= 11 is 0. The summed E-state index contributed by atoms with van der Waals surface area (Å²) in [5.74, 6) is -0.185.